The zero-order valence-corrected chi connectivity index (χ0v) is 28.3. The summed E-state index contributed by atoms with van der Waals surface area (Å²) in [7, 11) is 1.34. The largest absolute Gasteiger partial charge is 0.489 e. The van der Waals surface area contributed by atoms with E-state index < -0.39 is 23.8 Å². The van der Waals surface area contributed by atoms with Crippen LogP contribution >= 0.6 is 22.9 Å². The molecule has 6 heterocycles. The number of pyridine rings is 1. The number of anilines is 3. The van der Waals surface area contributed by atoms with Crippen molar-refractivity contribution in [2.75, 3.05) is 49.7 Å². The molecule has 3 aromatic heterocycles. The van der Waals surface area contributed by atoms with Gasteiger partial charge in [-0.05, 0) is 43.5 Å². The monoisotopic (exact) mass is 718 g/mol. The molecule has 2 fully saturated rings. The summed E-state index contributed by atoms with van der Waals surface area (Å²) in [5.74, 6) is 1.78. The van der Waals surface area contributed by atoms with Crippen LogP contribution in [0.2, 0.25) is 5.02 Å². The van der Waals surface area contributed by atoms with Gasteiger partial charge in [-0.25, -0.2) is 18.2 Å². The zero-order valence-electron chi connectivity index (χ0n) is 26.7. The molecular formula is C35H30ClF3N8O2S. The molecule has 50 heavy (non-hydrogen) atoms. The highest BCUT2D eigenvalue weighted by atomic mass is 35.5. The fourth-order valence-corrected chi connectivity index (χ4v) is 8.34. The van der Waals surface area contributed by atoms with Crippen LogP contribution in [0, 0.1) is 35.3 Å². The maximum Gasteiger partial charge on any atom is 0.318 e. The highest BCUT2D eigenvalue weighted by Gasteiger charge is 2.36. The predicted octanol–water partition coefficient (Wildman–Crippen LogP) is 6.65. The molecule has 3 aliphatic heterocycles. The molecule has 15 heteroatoms. The SMILES string of the molecule is C#CC(c1cccnc1N)N1CCOc2c(Cl)c(-c3ccc(F)c4sc(N)c(C#N)c34)c(F)c3nc(OC)nc1c23.FC1CC2CCCN2C1. The first kappa shape index (κ1) is 33.5. The summed E-state index contributed by atoms with van der Waals surface area (Å²) in [5, 5.41) is 10.0. The van der Waals surface area contributed by atoms with Crippen molar-refractivity contribution in [3.8, 4) is 41.3 Å². The Morgan fingerprint density at radius 2 is 2.02 bits per heavy atom. The van der Waals surface area contributed by atoms with Gasteiger partial charge in [-0.2, -0.15) is 15.2 Å². The number of benzene rings is 2. The summed E-state index contributed by atoms with van der Waals surface area (Å²) < 4.78 is 55.6. The van der Waals surface area contributed by atoms with Crippen LogP contribution in [0.1, 0.15) is 36.4 Å². The summed E-state index contributed by atoms with van der Waals surface area (Å²) in [4.78, 5) is 17.0. The van der Waals surface area contributed by atoms with Gasteiger partial charge in [-0.15, -0.1) is 17.8 Å². The van der Waals surface area contributed by atoms with E-state index in [9.17, 15) is 14.0 Å². The Balaban J connectivity index is 0.000000375. The van der Waals surface area contributed by atoms with E-state index in [0.29, 0.717) is 18.2 Å². The van der Waals surface area contributed by atoms with Crippen LogP contribution in [-0.2, 0) is 0 Å². The molecule has 2 saturated heterocycles. The fourth-order valence-electron chi connectivity index (χ4n) is 7.05. The van der Waals surface area contributed by atoms with E-state index in [1.807, 2.05) is 6.07 Å². The van der Waals surface area contributed by atoms with Gasteiger partial charge in [-0.1, -0.05) is 29.7 Å². The smallest absolute Gasteiger partial charge is 0.318 e. The molecule has 4 N–H and O–H groups in total. The molecule has 3 aliphatic rings. The maximum absolute atomic E-state index is 16.7. The van der Waals surface area contributed by atoms with Gasteiger partial charge in [0.2, 0.25) is 0 Å². The number of nitrogens with two attached hydrogens (primary N) is 2. The molecule has 2 aromatic carbocycles. The number of aromatic nitrogens is 3. The van der Waals surface area contributed by atoms with Crippen molar-refractivity contribution in [1.82, 2.24) is 19.9 Å². The molecule has 0 spiro atoms. The van der Waals surface area contributed by atoms with Gasteiger partial charge in [0, 0.05) is 35.3 Å². The molecule has 8 rings (SSSR count). The number of thiophene rings is 1. The second-order valence-electron chi connectivity index (χ2n) is 12.1. The van der Waals surface area contributed by atoms with Gasteiger partial charge >= 0.3 is 6.01 Å². The predicted molar refractivity (Wildman–Crippen MR) is 188 cm³/mol. The van der Waals surface area contributed by atoms with Crippen molar-refractivity contribution in [3.05, 3.63) is 58.2 Å². The van der Waals surface area contributed by atoms with Gasteiger partial charge in [-0.3, -0.25) is 4.90 Å². The number of nitriles is 1. The van der Waals surface area contributed by atoms with Gasteiger partial charge in [0.1, 0.15) is 52.9 Å². The highest BCUT2D eigenvalue weighted by molar-refractivity contribution is 7.23. The van der Waals surface area contributed by atoms with Crippen molar-refractivity contribution in [1.29, 1.82) is 5.26 Å². The Kier molecular flexibility index (Phi) is 8.95. The van der Waals surface area contributed by atoms with Crippen LogP contribution < -0.4 is 25.8 Å². The fraction of sp³-hybridized carbons (Fsp3) is 0.314. The Labute approximate surface area is 294 Å². The third-order valence-electron chi connectivity index (χ3n) is 9.27. The minimum absolute atomic E-state index is 0.0138. The summed E-state index contributed by atoms with van der Waals surface area (Å²) in [5.41, 5.74) is 12.5. The van der Waals surface area contributed by atoms with Crippen molar-refractivity contribution >= 4 is 60.6 Å². The third kappa shape index (κ3) is 5.54. The van der Waals surface area contributed by atoms with Gasteiger partial charge in [0.15, 0.2) is 11.6 Å². The molecule has 5 aromatic rings. The standard InChI is InChI=1S/C28H18ClF2N7O2S.C7H12FN/c1-3-16(12-5-4-8-35-25(12)33)38-9-10-40-23-19-22(36-28(39-2)37-27(19)38)21(31)18(20(23)29)13-6-7-15(30)24-17(13)14(11-32)26(34)41-24;8-6-4-7-2-1-3-9(7)5-6/h1,4-8,16H,9-10,34H2,2H3,(H2,33,35);6-7H,1-5H2. The Morgan fingerprint density at radius 1 is 1.20 bits per heavy atom. The molecule has 0 saturated carbocycles. The van der Waals surface area contributed by atoms with E-state index in [0.717, 1.165) is 30.4 Å². The lowest BCUT2D eigenvalue weighted by Crippen LogP contribution is -2.32. The molecule has 0 aliphatic carbocycles. The van der Waals surface area contributed by atoms with E-state index >= 15 is 4.39 Å². The lowest BCUT2D eigenvalue weighted by atomic mass is 9.96. The maximum atomic E-state index is 16.7. The van der Waals surface area contributed by atoms with E-state index in [1.165, 1.54) is 26.0 Å². The average Bonchev–Trinajstić information content (AvgIpc) is 3.76. The third-order valence-corrected chi connectivity index (χ3v) is 10.7. The van der Waals surface area contributed by atoms with E-state index in [-0.39, 0.29) is 84.3 Å². The number of nitrogen functional groups attached to an aromatic ring is 2. The molecule has 10 nitrogen and oxygen atoms in total. The summed E-state index contributed by atoms with van der Waals surface area (Å²) in [6, 6.07) is 7.65. The van der Waals surface area contributed by atoms with Crippen molar-refractivity contribution in [2.45, 2.75) is 37.5 Å². The normalized spacial score (nSPS) is 18.8. The van der Waals surface area contributed by atoms with Crippen LogP contribution in [0.4, 0.5) is 29.8 Å². The van der Waals surface area contributed by atoms with Gasteiger partial charge < -0.3 is 25.8 Å². The second-order valence-corrected chi connectivity index (χ2v) is 13.5. The number of methoxy groups -OCH3 is 1. The zero-order chi connectivity index (χ0) is 35.3. The number of alkyl halides is 1. The Bertz CT molecular complexity index is 2230. The first-order chi connectivity index (χ1) is 24.2. The van der Waals surface area contributed by atoms with E-state index in [4.69, 9.17) is 39.0 Å². The Hall–Kier alpha value is -5.02. The molecule has 3 atom stereocenters. The first-order valence-corrected chi connectivity index (χ1v) is 17.0. The molecule has 0 bridgehead atoms. The molecular weight excluding hydrogens is 689 g/mol. The van der Waals surface area contributed by atoms with Gasteiger partial charge in [0.05, 0.1) is 34.3 Å². The van der Waals surface area contributed by atoms with E-state index in [2.05, 4.69) is 25.8 Å². The van der Waals surface area contributed by atoms with Crippen molar-refractivity contribution in [2.24, 2.45) is 0 Å². The summed E-state index contributed by atoms with van der Waals surface area (Å²) in [6.45, 7) is 2.14. The van der Waals surface area contributed by atoms with Crippen LogP contribution in [0.25, 0.3) is 32.1 Å². The van der Waals surface area contributed by atoms with Gasteiger partial charge in [0.25, 0.3) is 0 Å². The van der Waals surface area contributed by atoms with Crippen LogP contribution in [0.3, 0.4) is 0 Å². The minimum Gasteiger partial charge on any atom is -0.489 e. The number of halogens is 4. The molecule has 0 radical (unpaired) electrons. The van der Waals surface area contributed by atoms with Crippen LogP contribution in [0.15, 0.2) is 30.5 Å². The summed E-state index contributed by atoms with van der Waals surface area (Å²) >= 11 is 7.77. The minimum atomic E-state index is -0.860. The summed E-state index contributed by atoms with van der Waals surface area (Å²) in [6.07, 6.45) is 10.3. The lowest BCUT2D eigenvalue weighted by molar-refractivity contribution is 0.292. The Morgan fingerprint density at radius 3 is 2.74 bits per heavy atom. The first-order valence-electron chi connectivity index (χ1n) is 15.8. The lowest BCUT2D eigenvalue weighted by Gasteiger charge is -2.29. The number of hydrogen-bond acceptors (Lipinski definition) is 11. The number of terminal acetylenes is 1. The molecule has 256 valence electrons. The molecule has 3 unspecified atom stereocenters. The second kappa shape index (κ2) is 13.4. The van der Waals surface area contributed by atoms with Crippen LogP contribution in [0.5, 0.6) is 11.8 Å². The van der Waals surface area contributed by atoms with Crippen LogP contribution in [-0.4, -0.2) is 65.4 Å². The quantitative estimate of drug-likeness (QED) is 0.194. The topological polar surface area (TPSA) is 139 Å². The highest BCUT2D eigenvalue weighted by Crippen LogP contribution is 2.51. The number of nitrogens with zero attached hydrogens (tertiary/aromatic N) is 6. The molecule has 0 amide bonds. The number of ether oxygens (including phenoxy) is 2. The average molecular weight is 719 g/mol. The van der Waals surface area contributed by atoms with Crippen molar-refractivity contribution < 1.29 is 22.6 Å². The van der Waals surface area contributed by atoms with Crippen molar-refractivity contribution in [3.63, 3.8) is 0 Å². The number of fused-ring (bicyclic) bond motifs is 2. The number of rotatable bonds is 4. The number of hydrogen-bond donors (Lipinski definition) is 2. The van der Waals surface area contributed by atoms with E-state index in [1.54, 1.807) is 23.2 Å².